The van der Waals surface area contributed by atoms with Crippen molar-refractivity contribution < 1.29 is 4.39 Å². The maximum absolute atomic E-state index is 13.2. The lowest BCUT2D eigenvalue weighted by molar-refractivity contribution is 0.629. The number of aromatic amines is 1. The fraction of sp³-hybridized carbons (Fsp3) is 0. The van der Waals surface area contributed by atoms with Gasteiger partial charge in [0.2, 0.25) is 0 Å². The van der Waals surface area contributed by atoms with Crippen LogP contribution in [0.5, 0.6) is 0 Å². The fourth-order valence-corrected chi connectivity index (χ4v) is 2.02. The molecule has 0 fully saturated rings. The first kappa shape index (κ1) is 11.4. The van der Waals surface area contributed by atoms with Crippen molar-refractivity contribution in [3.8, 4) is 5.69 Å². The second kappa shape index (κ2) is 4.20. The van der Waals surface area contributed by atoms with Crippen molar-refractivity contribution in [1.82, 2.24) is 9.55 Å². The van der Waals surface area contributed by atoms with Gasteiger partial charge in [0.1, 0.15) is 5.82 Å². The molecule has 3 aromatic rings. The summed E-state index contributed by atoms with van der Waals surface area (Å²) in [5, 5.41) is 0. The van der Waals surface area contributed by atoms with Gasteiger partial charge in [-0.2, -0.15) is 0 Å². The Labute approximate surface area is 106 Å². The third-order valence-corrected chi connectivity index (χ3v) is 2.86. The summed E-state index contributed by atoms with van der Waals surface area (Å²) >= 11 is 0. The summed E-state index contributed by atoms with van der Waals surface area (Å²) in [5.41, 5.74) is -0.159. The number of halogens is 1. The molecule has 0 saturated heterocycles. The number of nitrogens with zero attached hydrogens (tertiary/aromatic N) is 1. The van der Waals surface area contributed by atoms with Gasteiger partial charge in [-0.25, -0.2) is 4.39 Å². The molecular formula is C14H9FN2O2. The Morgan fingerprint density at radius 3 is 2.47 bits per heavy atom. The third kappa shape index (κ3) is 1.85. The van der Waals surface area contributed by atoms with Crippen molar-refractivity contribution in [2.45, 2.75) is 0 Å². The van der Waals surface area contributed by atoms with Crippen LogP contribution in [0.3, 0.4) is 0 Å². The minimum absolute atomic E-state index is 0.286. The van der Waals surface area contributed by atoms with Crippen LogP contribution in [0.1, 0.15) is 0 Å². The average molecular weight is 256 g/mol. The van der Waals surface area contributed by atoms with Crippen LogP contribution >= 0.6 is 0 Å². The molecule has 4 nitrogen and oxygen atoms in total. The molecule has 19 heavy (non-hydrogen) atoms. The highest BCUT2D eigenvalue weighted by Crippen LogP contribution is 2.14. The Morgan fingerprint density at radius 1 is 1.00 bits per heavy atom. The average Bonchev–Trinajstić information content (AvgIpc) is 2.41. The summed E-state index contributed by atoms with van der Waals surface area (Å²) in [6.07, 6.45) is 0. The number of nitrogens with one attached hydrogen (secondary N) is 1. The van der Waals surface area contributed by atoms with Crippen LogP contribution in [-0.2, 0) is 0 Å². The van der Waals surface area contributed by atoms with Gasteiger partial charge in [-0.1, -0.05) is 18.2 Å². The van der Waals surface area contributed by atoms with Crippen LogP contribution in [0.2, 0.25) is 0 Å². The maximum Gasteiger partial charge on any atom is 0.321 e. The molecule has 5 heteroatoms. The first-order valence-corrected chi connectivity index (χ1v) is 5.67. The third-order valence-electron chi connectivity index (χ3n) is 2.86. The molecule has 0 saturated carbocycles. The Kier molecular flexibility index (Phi) is 2.52. The number of rotatable bonds is 1. The van der Waals surface area contributed by atoms with E-state index in [9.17, 15) is 14.0 Å². The predicted octanol–water partition coefficient (Wildman–Crippen LogP) is 1.82. The van der Waals surface area contributed by atoms with Gasteiger partial charge in [-0.05, 0) is 30.3 Å². The first-order valence-electron chi connectivity index (χ1n) is 5.67. The molecule has 0 spiro atoms. The maximum atomic E-state index is 13.2. The highest BCUT2D eigenvalue weighted by atomic mass is 19.1. The molecule has 0 aliphatic carbocycles. The van der Waals surface area contributed by atoms with Crippen LogP contribution in [-0.4, -0.2) is 9.55 Å². The number of hydrogen-bond acceptors (Lipinski definition) is 2. The van der Waals surface area contributed by atoms with E-state index in [0.29, 0.717) is 11.2 Å². The van der Waals surface area contributed by atoms with Crippen molar-refractivity contribution in [2.75, 3.05) is 0 Å². The van der Waals surface area contributed by atoms with Gasteiger partial charge in [-0.3, -0.25) is 14.2 Å². The lowest BCUT2D eigenvalue weighted by atomic mass is 10.2. The van der Waals surface area contributed by atoms with E-state index in [4.69, 9.17) is 0 Å². The Morgan fingerprint density at radius 2 is 1.74 bits per heavy atom. The van der Waals surface area contributed by atoms with E-state index in [2.05, 4.69) is 4.98 Å². The zero-order chi connectivity index (χ0) is 13.4. The molecule has 0 bridgehead atoms. The summed E-state index contributed by atoms with van der Waals surface area (Å²) in [6.45, 7) is 0. The molecule has 2 aromatic carbocycles. The van der Waals surface area contributed by atoms with E-state index in [-0.39, 0.29) is 5.52 Å². The van der Waals surface area contributed by atoms with Gasteiger partial charge in [0, 0.05) is 5.69 Å². The quantitative estimate of drug-likeness (QED) is 0.675. The molecule has 3 rings (SSSR count). The zero-order valence-corrected chi connectivity index (χ0v) is 9.76. The lowest BCUT2D eigenvalue weighted by Gasteiger charge is -2.09. The summed E-state index contributed by atoms with van der Waals surface area (Å²) in [5.74, 6) is -0.471. The van der Waals surface area contributed by atoms with Gasteiger partial charge in [0.15, 0.2) is 0 Å². The molecular weight excluding hydrogens is 247 g/mol. The normalized spacial score (nSPS) is 10.8. The van der Waals surface area contributed by atoms with Crippen LogP contribution < -0.4 is 11.1 Å². The minimum Gasteiger partial charge on any atom is -0.316 e. The molecule has 0 aliphatic rings. The second-order valence-electron chi connectivity index (χ2n) is 4.09. The van der Waals surface area contributed by atoms with Crippen LogP contribution in [0.25, 0.3) is 16.7 Å². The van der Waals surface area contributed by atoms with E-state index < -0.39 is 16.9 Å². The lowest BCUT2D eigenvalue weighted by Crippen LogP contribution is -2.35. The smallest absolute Gasteiger partial charge is 0.316 e. The van der Waals surface area contributed by atoms with E-state index in [0.717, 1.165) is 0 Å². The Bertz CT molecular complexity index is 866. The van der Waals surface area contributed by atoms with E-state index in [1.54, 1.807) is 24.3 Å². The zero-order valence-electron chi connectivity index (χ0n) is 9.76. The van der Waals surface area contributed by atoms with Crippen LogP contribution in [0.4, 0.5) is 4.39 Å². The van der Waals surface area contributed by atoms with Gasteiger partial charge in [-0.15, -0.1) is 0 Å². The number of fused-ring (bicyclic) bond motifs is 1. The molecule has 94 valence electrons. The van der Waals surface area contributed by atoms with Crippen LogP contribution in [0, 0.1) is 5.82 Å². The van der Waals surface area contributed by atoms with Gasteiger partial charge < -0.3 is 4.98 Å². The molecule has 0 atom stereocenters. The fourth-order valence-electron chi connectivity index (χ4n) is 2.02. The van der Waals surface area contributed by atoms with Crippen LogP contribution in [0.15, 0.2) is 58.1 Å². The molecule has 0 radical (unpaired) electrons. The van der Waals surface area contributed by atoms with E-state index in [1.165, 1.54) is 22.8 Å². The second-order valence-corrected chi connectivity index (χ2v) is 4.09. The number of benzene rings is 2. The topological polar surface area (TPSA) is 54.9 Å². The Balaban J connectivity index is 2.50. The monoisotopic (exact) mass is 256 g/mol. The summed E-state index contributed by atoms with van der Waals surface area (Å²) < 4.78 is 14.5. The molecule has 0 unspecified atom stereocenters. The number of hydrogen-bond donors (Lipinski definition) is 1. The van der Waals surface area contributed by atoms with Crippen molar-refractivity contribution in [3.05, 3.63) is 75.1 Å². The number of para-hydroxylation sites is 1. The molecule has 1 aromatic heterocycles. The molecule has 1 heterocycles. The SMILES string of the molecule is O=c1[nH]c2cc(F)ccc2n(-c2ccccc2)c1=O. The summed E-state index contributed by atoms with van der Waals surface area (Å²) in [7, 11) is 0. The number of aromatic nitrogens is 2. The van der Waals surface area contributed by atoms with E-state index in [1.807, 2.05) is 6.07 Å². The van der Waals surface area contributed by atoms with Crippen molar-refractivity contribution in [3.63, 3.8) is 0 Å². The minimum atomic E-state index is -0.776. The largest absolute Gasteiger partial charge is 0.321 e. The summed E-state index contributed by atoms with van der Waals surface area (Å²) in [4.78, 5) is 26.0. The van der Waals surface area contributed by atoms with Crippen molar-refractivity contribution in [1.29, 1.82) is 0 Å². The molecule has 0 aliphatic heterocycles. The van der Waals surface area contributed by atoms with Gasteiger partial charge >= 0.3 is 11.1 Å². The molecule has 1 N–H and O–H groups in total. The first-order chi connectivity index (χ1) is 9.16. The number of H-pyrrole nitrogens is 1. The standard InChI is InChI=1S/C14H9FN2O2/c15-9-6-7-12-11(8-9)16-13(18)14(19)17(12)10-4-2-1-3-5-10/h1-8H,(H,16,18). The highest BCUT2D eigenvalue weighted by Gasteiger charge is 2.09. The predicted molar refractivity (Wildman–Crippen MR) is 70.1 cm³/mol. The molecule has 0 amide bonds. The van der Waals surface area contributed by atoms with Crippen molar-refractivity contribution in [2.24, 2.45) is 0 Å². The van der Waals surface area contributed by atoms with E-state index >= 15 is 0 Å². The van der Waals surface area contributed by atoms with Gasteiger partial charge in [0.25, 0.3) is 0 Å². The van der Waals surface area contributed by atoms with Gasteiger partial charge in [0.05, 0.1) is 11.0 Å². The Hall–Kier alpha value is -2.69. The van der Waals surface area contributed by atoms with Crippen molar-refractivity contribution >= 4 is 11.0 Å². The summed E-state index contributed by atoms with van der Waals surface area (Å²) in [6, 6.07) is 12.7. The highest BCUT2D eigenvalue weighted by molar-refractivity contribution is 5.76.